The fourth-order valence-corrected chi connectivity index (χ4v) is 4.95. The predicted molar refractivity (Wildman–Crippen MR) is 134 cm³/mol. The Hall–Kier alpha value is -4.71. The van der Waals surface area contributed by atoms with Crippen molar-refractivity contribution in [2.75, 3.05) is 7.11 Å². The van der Waals surface area contributed by atoms with Gasteiger partial charge in [-0.15, -0.1) is 5.10 Å². The smallest absolute Gasteiger partial charge is 0.228 e. The molecule has 35 heavy (non-hydrogen) atoms. The summed E-state index contributed by atoms with van der Waals surface area (Å²) in [5.41, 5.74) is 4.81. The van der Waals surface area contributed by atoms with Crippen LogP contribution >= 0.6 is 0 Å². The van der Waals surface area contributed by atoms with E-state index in [0.717, 1.165) is 44.8 Å². The normalized spacial score (nSPS) is 14.4. The Morgan fingerprint density at radius 3 is 2.46 bits per heavy atom. The van der Waals surface area contributed by atoms with Crippen LogP contribution in [0.15, 0.2) is 97.3 Å². The van der Waals surface area contributed by atoms with Crippen molar-refractivity contribution in [2.45, 2.75) is 5.92 Å². The molecule has 3 heterocycles. The molecule has 0 amide bonds. The second-order valence-electron chi connectivity index (χ2n) is 8.54. The fraction of sp³-hybridized carbons (Fsp3) is 0.0690. The molecule has 6 nitrogen and oxygen atoms in total. The molecule has 1 aliphatic heterocycles. The van der Waals surface area contributed by atoms with Crippen molar-refractivity contribution in [3.8, 4) is 28.8 Å². The van der Waals surface area contributed by atoms with Crippen LogP contribution in [-0.4, -0.2) is 26.7 Å². The van der Waals surface area contributed by atoms with E-state index in [9.17, 15) is 0 Å². The molecule has 168 valence electrons. The first-order chi connectivity index (χ1) is 17.3. The van der Waals surface area contributed by atoms with Gasteiger partial charge in [-0.05, 0) is 46.7 Å². The molecule has 0 N–H and O–H groups in total. The van der Waals surface area contributed by atoms with Crippen LogP contribution in [-0.2, 0) is 0 Å². The first-order valence-electron chi connectivity index (χ1n) is 11.4. The van der Waals surface area contributed by atoms with Crippen molar-refractivity contribution in [3.63, 3.8) is 0 Å². The molecule has 1 aliphatic rings. The van der Waals surface area contributed by atoms with Crippen molar-refractivity contribution in [1.82, 2.24) is 19.6 Å². The van der Waals surface area contributed by atoms with Gasteiger partial charge >= 0.3 is 0 Å². The van der Waals surface area contributed by atoms with Gasteiger partial charge < -0.3 is 9.47 Å². The second-order valence-corrected chi connectivity index (χ2v) is 8.54. The van der Waals surface area contributed by atoms with E-state index >= 15 is 0 Å². The third kappa shape index (κ3) is 3.07. The number of methoxy groups -OCH3 is 1. The number of hydrogen-bond acceptors (Lipinski definition) is 5. The summed E-state index contributed by atoms with van der Waals surface area (Å²) < 4.78 is 13.4. The molecule has 0 unspecified atom stereocenters. The maximum atomic E-state index is 6.38. The maximum Gasteiger partial charge on any atom is 0.228 e. The highest BCUT2D eigenvalue weighted by Crippen LogP contribution is 2.50. The molecule has 7 rings (SSSR count). The molecule has 2 aromatic heterocycles. The largest absolute Gasteiger partial charge is 0.497 e. The van der Waals surface area contributed by atoms with Crippen molar-refractivity contribution in [3.05, 3.63) is 114 Å². The van der Waals surface area contributed by atoms with E-state index < -0.39 is 0 Å². The Morgan fingerprint density at radius 2 is 1.63 bits per heavy atom. The molecule has 0 bridgehead atoms. The third-order valence-electron chi connectivity index (χ3n) is 6.58. The molecule has 0 radical (unpaired) electrons. The Kier molecular flexibility index (Phi) is 4.32. The predicted octanol–water partition coefficient (Wildman–Crippen LogP) is 6.24. The molecule has 0 saturated carbocycles. The second kappa shape index (κ2) is 7.67. The summed E-state index contributed by atoms with van der Waals surface area (Å²) in [6.45, 7) is 0. The Morgan fingerprint density at radius 1 is 0.829 bits per heavy atom. The van der Waals surface area contributed by atoms with E-state index in [0.29, 0.717) is 11.7 Å². The van der Waals surface area contributed by atoms with Gasteiger partial charge in [-0.1, -0.05) is 60.7 Å². The van der Waals surface area contributed by atoms with Gasteiger partial charge in [0.1, 0.15) is 17.8 Å². The molecule has 0 aliphatic carbocycles. The molecular formula is C29H20N4O2. The minimum Gasteiger partial charge on any atom is -0.497 e. The van der Waals surface area contributed by atoms with Crippen molar-refractivity contribution >= 4 is 16.4 Å². The highest BCUT2D eigenvalue weighted by molar-refractivity contribution is 5.91. The highest BCUT2D eigenvalue weighted by atomic mass is 16.5. The Bertz CT molecular complexity index is 1710. The van der Waals surface area contributed by atoms with Gasteiger partial charge in [0.05, 0.1) is 12.7 Å². The van der Waals surface area contributed by atoms with Crippen LogP contribution in [0, 0.1) is 0 Å². The summed E-state index contributed by atoms with van der Waals surface area (Å²) >= 11 is 0. The lowest BCUT2D eigenvalue weighted by Gasteiger charge is -2.29. The summed E-state index contributed by atoms with van der Waals surface area (Å²) in [4.78, 5) is 9.63. The zero-order valence-corrected chi connectivity index (χ0v) is 18.9. The Balaban J connectivity index is 1.50. The molecule has 0 saturated heterocycles. The summed E-state index contributed by atoms with van der Waals surface area (Å²) in [5, 5.41) is 7.06. The lowest BCUT2D eigenvalue weighted by atomic mass is 9.81. The van der Waals surface area contributed by atoms with Gasteiger partial charge in [-0.25, -0.2) is 14.5 Å². The standard InChI is InChI=1S/C29H20N4O2/c1-34-21-14-11-20(12-15-21)27-31-28-26-24(19-8-3-2-4-9-19)25-22-10-6-5-7-18(22)13-16-23(25)35-29(26)30-17-33(28)32-27/h2-17,24H,1H3/t24-/m0/s1. The van der Waals surface area contributed by atoms with Crippen LogP contribution < -0.4 is 9.47 Å². The molecule has 4 aromatic carbocycles. The fourth-order valence-electron chi connectivity index (χ4n) is 4.95. The van der Waals surface area contributed by atoms with E-state index in [2.05, 4.69) is 59.6 Å². The monoisotopic (exact) mass is 456 g/mol. The number of fused-ring (bicyclic) bond motifs is 6. The topological polar surface area (TPSA) is 61.5 Å². The average molecular weight is 457 g/mol. The Labute approximate surface area is 201 Å². The SMILES string of the molecule is COc1ccc(-c2nc3c4c(ncn3n2)Oc2ccc3ccccc3c2[C@@H]4c2ccccc2)cc1. The van der Waals surface area contributed by atoms with E-state index in [4.69, 9.17) is 19.6 Å². The van der Waals surface area contributed by atoms with Gasteiger partial charge in [-0.3, -0.25) is 0 Å². The van der Waals surface area contributed by atoms with Crippen molar-refractivity contribution in [2.24, 2.45) is 0 Å². The van der Waals surface area contributed by atoms with Crippen LogP contribution in [0.4, 0.5) is 0 Å². The van der Waals surface area contributed by atoms with Crippen molar-refractivity contribution in [1.29, 1.82) is 0 Å². The van der Waals surface area contributed by atoms with Gasteiger partial charge in [0.15, 0.2) is 11.5 Å². The third-order valence-corrected chi connectivity index (χ3v) is 6.58. The van der Waals surface area contributed by atoms with Crippen LogP contribution in [0.25, 0.3) is 27.8 Å². The molecular weight excluding hydrogens is 436 g/mol. The van der Waals surface area contributed by atoms with Crippen LogP contribution in [0.2, 0.25) is 0 Å². The van der Waals surface area contributed by atoms with Gasteiger partial charge in [0.25, 0.3) is 0 Å². The summed E-state index contributed by atoms with van der Waals surface area (Å²) in [6, 6.07) is 30.7. The highest BCUT2D eigenvalue weighted by Gasteiger charge is 2.34. The zero-order chi connectivity index (χ0) is 23.4. The molecule has 0 fully saturated rings. The number of aromatic nitrogens is 4. The van der Waals surface area contributed by atoms with Crippen molar-refractivity contribution < 1.29 is 9.47 Å². The molecule has 6 heteroatoms. The molecule has 6 aromatic rings. The first-order valence-corrected chi connectivity index (χ1v) is 11.4. The lowest BCUT2D eigenvalue weighted by Crippen LogP contribution is -2.15. The van der Waals surface area contributed by atoms with E-state index in [1.807, 2.05) is 36.4 Å². The van der Waals surface area contributed by atoms with E-state index in [1.165, 1.54) is 5.39 Å². The van der Waals surface area contributed by atoms with Crippen LogP contribution in [0.3, 0.4) is 0 Å². The van der Waals surface area contributed by atoms with Crippen LogP contribution in [0.1, 0.15) is 22.6 Å². The molecule has 0 spiro atoms. The van der Waals surface area contributed by atoms with Gasteiger partial charge in [-0.2, -0.15) is 0 Å². The quantitative estimate of drug-likeness (QED) is 0.315. The summed E-state index contributed by atoms with van der Waals surface area (Å²) in [5.74, 6) is 2.68. The number of benzene rings is 4. The maximum absolute atomic E-state index is 6.38. The van der Waals surface area contributed by atoms with Gasteiger partial charge in [0.2, 0.25) is 5.88 Å². The van der Waals surface area contributed by atoms with Gasteiger partial charge in [0, 0.05) is 17.0 Å². The summed E-state index contributed by atoms with van der Waals surface area (Å²) in [7, 11) is 1.65. The minimum atomic E-state index is -0.106. The first kappa shape index (κ1) is 19.7. The number of nitrogens with zero attached hydrogens (tertiary/aromatic N) is 4. The molecule has 1 atom stereocenters. The summed E-state index contributed by atoms with van der Waals surface area (Å²) in [6.07, 6.45) is 1.67. The average Bonchev–Trinajstić information content (AvgIpc) is 3.37. The number of ether oxygens (including phenoxy) is 2. The zero-order valence-electron chi connectivity index (χ0n) is 18.9. The minimum absolute atomic E-state index is 0.106. The number of rotatable bonds is 3. The van der Waals surface area contributed by atoms with E-state index in [1.54, 1.807) is 18.0 Å². The number of hydrogen-bond donors (Lipinski definition) is 0. The van der Waals surface area contributed by atoms with E-state index in [-0.39, 0.29) is 5.92 Å². The van der Waals surface area contributed by atoms with Crippen LogP contribution in [0.5, 0.6) is 17.4 Å². The lowest BCUT2D eigenvalue weighted by molar-refractivity contribution is 0.415.